The molecule has 1 heterocycles. The minimum atomic E-state index is -0.964. The Kier molecular flexibility index (Phi) is 1.29. The summed E-state index contributed by atoms with van der Waals surface area (Å²) < 4.78 is 4.71. The Morgan fingerprint density at radius 1 is 1.89 bits per heavy atom. The second-order valence-corrected chi connectivity index (χ2v) is 1.98. The summed E-state index contributed by atoms with van der Waals surface area (Å²) in [4.78, 5) is 10.3. The van der Waals surface area contributed by atoms with Gasteiger partial charge in [-0.05, 0) is 13.0 Å². The summed E-state index contributed by atoms with van der Waals surface area (Å²) >= 11 is 0. The van der Waals surface area contributed by atoms with Crippen LogP contribution in [0.5, 0.6) is 0 Å². The summed E-state index contributed by atoms with van der Waals surface area (Å²) in [5, 5.41) is 8.46. The standard InChI is InChI=1S/C6H8O3/c1-2-3-6(4-9-6)5(7)8/h2-3H,4H2,1H3,(H,7,8). The second kappa shape index (κ2) is 1.84. The largest absolute Gasteiger partial charge is 0.479 e. The molecular formula is C6H8O3. The van der Waals surface area contributed by atoms with Crippen LogP contribution in [0.2, 0.25) is 0 Å². The molecule has 0 aliphatic carbocycles. The topological polar surface area (TPSA) is 49.8 Å². The first kappa shape index (κ1) is 6.29. The molecule has 1 atom stereocenters. The second-order valence-electron chi connectivity index (χ2n) is 1.98. The van der Waals surface area contributed by atoms with Gasteiger partial charge >= 0.3 is 5.97 Å². The molecule has 0 amide bonds. The van der Waals surface area contributed by atoms with Crippen molar-refractivity contribution in [3.05, 3.63) is 12.2 Å². The molecular weight excluding hydrogens is 120 g/mol. The van der Waals surface area contributed by atoms with Gasteiger partial charge in [0.25, 0.3) is 0 Å². The van der Waals surface area contributed by atoms with Crippen molar-refractivity contribution in [2.45, 2.75) is 12.5 Å². The third-order valence-corrected chi connectivity index (χ3v) is 1.25. The number of hydrogen-bond acceptors (Lipinski definition) is 2. The van der Waals surface area contributed by atoms with Crippen molar-refractivity contribution in [3.63, 3.8) is 0 Å². The molecule has 0 radical (unpaired) electrons. The van der Waals surface area contributed by atoms with Gasteiger partial charge in [0.05, 0.1) is 6.61 Å². The van der Waals surface area contributed by atoms with Crippen LogP contribution in [0.15, 0.2) is 12.2 Å². The number of carboxylic acids is 1. The van der Waals surface area contributed by atoms with E-state index >= 15 is 0 Å². The highest BCUT2D eigenvalue weighted by molar-refractivity contribution is 5.83. The van der Waals surface area contributed by atoms with E-state index in [4.69, 9.17) is 9.84 Å². The fourth-order valence-electron chi connectivity index (χ4n) is 0.638. The van der Waals surface area contributed by atoms with Crippen LogP contribution in [0.4, 0.5) is 0 Å². The highest BCUT2D eigenvalue weighted by Gasteiger charge is 2.50. The average molecular weight is 128 g/mol. The zero-order valence-corrected chi connectivity index (χ0v) is 5.13. The van der Waals surface area contributed by atoms with Gasteiger partial charge in [0.15, 0.2) is 0 Å². The minimum absolute atomic E-state index is 0.312. The van der Waals surface area contributed by atoms with Crippen LogP contribution < -0.4 is 0 Å². The van der Waals surface area contributed by atoms with E-state index in [2.05, 4.69) is 0 Å². The van der Waals surface area contributed by atoms with E-state index in [0.717, 1.165) is 0 Å². The van der Waals surface area contributed by atoms with Crippen LogP contribution in [0.3, 0.4) is 0 Å². The first-order valence-corrected chi connectivity index (χ1v) is 2.72. The Bertz CT molecular complexity index is 156. The molecule has 0 spiro atoms. The van der Waals surface area contributed by atoms with Crippen LogP contribution in [-0.2, 0) is 9.53 Å². The van der Waals surface area contributed by atoms with Gasteiger partial charge in [0, 0.05) is 0 Å². The molecule has 0 bridgehead atoms. The quantitative estimate of drug-likeness (QED) is 0.433. The third-order valence-electron chi connectivity index (χ3n) is 1.25. The van der Waals surface area contributed by atoms with E-state index < -0.39 is 11.6 Å². The van der Waals surface area contributed by atoms with Gasteiger partial charge in [0.1, 0.15) is 0 Å². The smallest absolute Gasteiger partial charge is 0.342 e. The number of carbonyl (C=O) groups is 1. The number of hydrogen-bond donors (Lipinski definition) is 1. The van der Waals surface area contributed by atoms with Crippen LogP contribution in [0.1, 0.15) is 6.92 Å². The Labute approximate surface area is 52.9 Å². The first-order chi connectivity index (χ1) is 4.21. The molecule has 50 valence electrons. The molecule has 0 aromatic carbocycles. The lowest BCUT2D eigenvalue weighted by atomic mass is 10.1. The van der Waals surface area contributed by atoms with Crippen LogP contribution >= 0.6 is 0 Å². The highest BCUT2D eigenvalue weighted by atomic mass is 16.6. The van der Waals surface area contributed by atoms with E-state index in [0.29, 0.717) is 6.61 Å². The Morgan fingerprint density at radius 3 is 2.56 bits per heavy atom. The summed E-state index contributed by atoms with van der Waals surface area (Å²) in [6.07, 6.45) is 3.23. The zero-order chi connectivity index (χ0) is 6.91. The molecule has 9 heavy (non-hydrogen) atoms. The minimum Gasteiger partial charge on any atom is -0.479 e. The summed E-state index contributed by atoms with van der Waals surface area (Å²) in [6, 6.07) is 0. The Hall–Kier alpha value is -0.830. The normalized spacial score (nSPS) is 33.0. The maximum Gasteiger partial charge on any atom is 0.342 e. The molecule has 0 aromatic rings. The Morgan fingerprint density at radius 2 is 2.44 bits per heavy atom. The molecule has 1 rings (SSSR count). The van der Waals surface area contributed by atoms with Crippen LogP contribution in [0.25, 0.3) is 0 Å². The predicted molar refractivity (Wildman–Crippen MR) is 31.1 cm³/mol. The number of carboxylic acid groups (broad SMARTS) is 1. The van der Waals surface area contributed by atoms with Crippen LogP contribution in [-0.4, -0.2) is 23.3 Å². The van der Waals surface area contributed by atoms with E-state index in [9.17, 15) is 4.79 Å². The van der Waals surface area contributed by atoms with Gasteiger partial charge < -0.3 is 9.84 Å². The summed E-state index contributed by atoms with van der Waals surface area (Å²) in [5.74, 6) is -0.902. The van der Waals surface area contributed by atoms with E-state index in [1.54, 1.807) is 19.1 Å². The molecule has 1 saturated heterocycles. The lowest BCUT2D eigenvalue weighted by Gasteiger charge is -1.94. The van der Waals surface area contributed by atoms with Gasteiger partial charge in [-0.1, -0.05) is 6.08 Å². The lowest BCUT2D eigenvalue weighted by Crippen LogP contribution is -2.20. The summed E-state index contributed by atoms with van der Waals surface area (Å²) in [7, 11) is 0. The van der Waals surface area contributed by atoms with Gasteiger partial charge in [-0.3, -0.25) is 0 Å². The van der Waals surface area contributed by atoms with Gasteiger partial charge in [-0.25, -0.2) is 4.79 Å². The molecule has 1 unspecified atom stereocenters. The van der Waals surface area contributed by atoms with E-state index in [-0.39, 0.29) is 0 Å². The molecule has 1 N–H and O–H groups in total. The summed E-state index contributed by atoms with van der Waals surface area (Å²) in [6.45, 7) is 2.08. The number of ether oxygens (including phenoxy) is 1. The fraction of sp³-hybridized carbons (Fsp3) is 0.500. The molecule has 3 heteroatoms. The fourth-order valence-corrected chi connectivity index (χ4v) is 0.638. The number of allylic oxidation sites excluding steroid dienone is 1. The highest BCUT2D eigenvalue weighted by Crippen LogP contribution is 2.28. The number of aliphatic carboxylic acids is 1. The summed E-state index contributed by atoms with van der Waals surface area (Å²) in [5.41, 5.74) is -0.964. The van der Waals surface area contributed by atoms with Crippen molar-refractivity contribution in [2.75, 3.05) is 6.61 Å². The molecule has 0 aromatic heterocycles. The van der Waals surface area contributed by atoms with Crippen molar-refractivity contribution in [1.82, 2.24) is 0 Å². The van der Waals surface area contributed by atoms with Crippen molar-refractivity contribution in [2.24, 2.45) is 0 Å². The molecule has 1 fully saturated rings. The molecule has 0 saturated carbocycles. The molecule has 1 aliphatic heterocycles. The maximum absolute atomic E-state index is 10.3. The number of rotatable bonds is 2. The third kappa shape index (κ3) is 0.954. The van der Waals surface area contributed by atoms with Gasteiger partial charge in [-0.2, -0.15) is 0 Å². The van der Waals surface area contributed by atoms with Crippen LogP contribution in [0, 0.1) is 0 Å². The monoisotopic (exact) mass is 128 g/mol. The van der Waals surface area contributed by atoms with Gasteiger partial charge in [-0.15, -0.1) is 0 Å². The van der Waals surface area contributed by atoms with Crippen molar-refractivity contribution in [3.8, 4) is 0 Å². The van der Waals surface area contributed by atoms with Gasteiger partial charge in [0.2, 0.25) is 5.60 Å². The van der Waals surface area contributed by atoms with E-state index in [1.165, 1.54) is 0 Å². The average Bonchev–Trinajstić information content (AvgIpc) is 2.49. The van der Waals surface area contributed by atoms with Crippen molar-refractivity contribution < 1.29 is 14.6 Å². The van der Waals surface area contributed by atoms with Crippen molar-refractivity contribution >= 4 is 5.97 Å². The first-order valence-electron chi connectivity index (χ1n) is 2.72. The zero-order valence-electron chi connectivity index (χ0n) is 5.13. The van der Waals surface area contributed by atoms with E-state index in [1.807, 2.05) is 0 Å². The number of epoxide rings is 1. The van der Waals surface area contributed by atoms with Crippen molar-refractivity contribution in [1.29, 1.82) is 0 Å². The Balaban J connectivity index is 2.63. The molecule has 1 aliphatic rings. The SMILES string of the molecule is CC=CC1(C(=O)O)CO1. The maximum atomic E-state index is 10.3. The molecule has 3 nitrogen and oxygen atoms in total. The lowest BCUT2D eigenvalue weighted by molar-refractivity contribution is -0.141. The predicted octanol–water partition coefficient (Wildman–Crippen LogP) is 0.416.